The minimum Gasteiger partial charge on any atom is -0.480 e. The molecule has 9 nitrogen and oxygen atoms in total. The van der Waals surface area contributed by atoms with Gasteiger partial charge in [-0.25, -0.2) is 18.0 Å². The van der Waals surface area contributed by atoms with Crippen molar-refractivity contribution in [2.75, 3.05) is 31.1 Å². The molecule has 2 rings (SSSR count). The molecule has 0 aromatic carbocycles. The highest BCUT2D eigenvalue weighted by molar-refractivity contribution is 7.91. The van der Waals surface area contributed by atoms with Gasteiger partial charge in [0.2, 0.25) is 5.91 Å². The molecule has 2 saturated heterocycles. The maximum Gasteiger partial charge on any atom is 0.328 e. The Morgan fingerprint density at radius 3 is 2.71 bits per heavy atom. The maximum atomic E-state index is 12.0. The van der Waals surface area contributed by atoms with E-state index in [1.807, 2.05) is 0 Å². The minimum absolute atomic E-state index is 0.0239. The Kier molecular flexibility index (Phi) is 4.35. The first-order chi connectivity index (χ1) is 9.78. The van der Waals surface area contributed by atoms with E-state index in [-0.39, 0.29) is 37.1 Å². The zero-order chi connectivity index (χ0) is 15.6. The largest absolute Gasteiger partial charge is 0.480 e. The normalized spacial score (nSPS) is 28.0. The summed E-state index contributed by atoms with van der Waals surface area (Å²) in [7, 11) is -3.02. The Morgan fingerprint density at radius 2 is 2.14 bits per heavy atom. The van der Waals surface area contributed by atoms with Crippen molar-refractivity contribution in [2.24, 2.45) is 5.92 Å². The van der Waals surface area contributed by atoms with Crippen LogP contribution in [0.25, 0.3) is 0 Å². The number of piperazine rings is 1. The summed E-state index contributed by atoms with van der Waals surface area (Å²) < 4.78 is 22.6. The van der Waals surface area contributed by atoms with Gasteiger partial charge in [-0.1, -0.05) is 0 Å². The van der Waals surface area contributed by atoms with Crippen molar-refractivity contribution >= 4 is 27.7 Å². The Balaban J connectivity index is 1.92. The van der Waals surface area contributed by atoms with Gasteiger partial charge in [0.05, 0.1) is 11.5 Å². The van der Waals surface area contributed by atoms with Gasteiger partial charge >= 0.3 is 12.0 Å². The van der Waals surface area contributed by atoms with E-state index >= 15 is 0 Å². The number of urea groups is 1. The molecule has 0 aromatic heterocycles. The van der Waals surface area contributed by atoms with Gasteiger partial charge in [0.1, 0.15) is 12.6 Å². The molecule has 2 atom stereocenters. The van der Waals surface area contributed by atoms with Crippen molar-refractivity contribution in [3.63, 3.8) is 0 Å². The second-order valence-electron chi connectivity index (χ2n) is 5.24. The van der Waals surface area contributed by atoms with Gasteiger partial charge in [-0.05, 0) is 12.3 Å². The van der Waals surface area contributed by atoms with Crippen LogP contribution in [0.3, 0.4) is 0 Å². The van der Waals surface area contributed by atoms with Crippen LogP contribution in [0.5, 0.6) is 0 Å². The Hall–Kier alpha value is -1.84. The van der Waals surface area contributed by atoms with Crippen molar-refractivity contribution in [2.45, 2.75) is 12.5 Å². The predicted molar refractivity (Wildman–Crippen MR) is 71.3 cm³/mol. The lowest BCUT2D eigenvalue weighted by molar-refractivity contribution is -0.144. The van der Waals surface area contributed by atoms with Crippen molar-refractivity contribution in [1.82, 2.24) is 15.5 Å². The Labute approximate surface area is 121 Å². The van der Waals surface area contributed by atoms with Gasteiger partial charge in [0.15, 0.2) is 9.84 Å². The van der Waals surface area contributed by atoms with Crippen molar-refractivity contribution in [3.05, 3.63) is 0 Å². The highest BCUT2D eigenvalue weighted by atomic mass is 32.2. The number of aliphatic carboxylic acids is 1. The molecule has 0 bridgehead atoms. The number of rotatable bonds is 3. The summed E-state index contributed by atoms with van der Waals surface area (Å²) >= 11 is 0. The number of carboxylic acids is 1. The summed E-state index contributed by atoms with van der Waals surface area (Å²) in [6, 6.07) is -1.78. The SMILES string of the molecule is O=C1CN(C(=O)NCC2CCS(=O)(=O)C2)C(C(=O)O)CN1. The third-order valence-electron chi connectivity index (χ3n) is 3.60. The van der Waals surface area contributed by atoms with Gasteiger partial charge in [0, 0.05) is 13.1 Å². The van der Waals surface area contributed by atoms with Crippen LogP contribution < -0.4 is 10.6 Å². The molecule has 0 aromatic rings. The Morgan fingerprint density at radius 1 is 1.43 bits per heavy atom. The van der Waals surface area contributed by atoms with E-state index in [9.17, 15) is 22.8 Å². The number of hydrogen-bond donors (Lipinski definition) is 3. The number of sulfone groups is 1. The molecule has 2 aliphatic rings. The minimum atomic E-state index is -3.02. The fourth-order valence-corrected chi connectivity index (χ4v) is 4.30. The van der Waals surface area contributed by atoms with E-state index in [4.69, 9.17) is 5.11 Å². The number of nitrogens with one attached hydrogen (secondary N) is 2. The number of carbonyl (C=O) groups is 3. The molecule has 118 valence electrons. The molecule has 0 radical (unpaired) electrons. The molecule has 3 amide bonds. The molecule has 0 saturated carbocycles. The van der Waals surface area contributed by atoms with Crippen molar-refractivity contribution in [1.29, 1.82) is 0 Å². The van der Waals surface area contributed by atoms with Crippen LogP contribution in [-0.2, 0) is 19.4 Å². The van der Waals surface area contributed by atoms with Crippen LogP contribution in [0, 0.1) is 5.92 Å². The van der Waals surface area contributed by atoms with E-state index in [1.165, 1.54) is 0 Å². The summed E-state index contributed by atoms with van der Waals surface area (Å²) in [5, 5.41) is 13.9. The first-order valence-corrected chi connectivity index (χ1v) is 8.35. The zero-order valence-electron chi connectivity index (χ0n) is 11.2. The molecule has 3 N–H and O–H groups in total. The molecule has 10 heteroatoms. The second kappa shape index (κ2) is 5.88. The smallest absolute Gasteiger partial charge is 0.328 e. The van der Waals surface area contributed by atoms with E-state index in [2.05, 4.69) is 10.6 Å². The van der Waals surface area contributed by atoms with Crippen LogP contribution in [-0.4, -0.2) is 73.5 Å². The molecule has 0 aliphatic carbocycles. The topological polar surface area (TPSA) is 133 Å². The maximum absolute atomic E-state index is 12.0. The predicted octanol–water partition coefficient (Wildman–Crippen LogP) is -1.98. The molecule has 21 heavy (non-hydrogen) atoms. The summed E-state index contributed by atoms with van der Waals surface area (Å²) in [4.78, 5) is 35.3. The van der Waals surface area contributed by atoms with E-state index in [0.29, 0.717) is 6.42 Å². The zero-order valence-corrected chi connectivity index (χ0v) is 12.1. The average molecular weight is 319 g/mol. The van der Waals surface area contributed by atoms with Gasteiger partial charge in [-0.3, -0.25) is 9.69 Å². The van der Waals surface area contributed by atoms with Crippen LogP contribution >= 0.6 is 0 Å². The lowest BCUT2D eigenvalue weighted by Gasteiger charge is -2.32. The first kappa shape index (κ1) is 15.5. The third kappa shape index (κ3) is 3.84. The van der Waals surface area contributed by atoms with Crippen molar-refractivity contribution < 1.29 is 27.9 Å². The average Bonchev–Trinajstić information content (AvgIpc) is 2.75. The molecular formula is C11H17N3O6S. The lowest BCUT2D eigenvalue weighted by atomic mass is 10.1. The summed E-state index contributed by atoms with van der Waals surface area (Å²) in [6.07, 6.45) is 0.478. The number of nitrogens with zero attached hydrogens (tertiary/aromatic N) is 1. The number of carboxylic acid groups (broad SMARTS) is 1. The molecule has 2 unspecified atom stereocenters. The second-order valence-corrected chi connectivity index (χ2v) is 7.47. The Bertz CT molecular complexity index is 560. The number of hydrogen-bond acceptors (Lipinski definition) is 5. The standard InChI is InChI=1S/C11H17N3O6S/c15-9-5-14(8(4-12-9)10(16)17)11(18)13-3-7-1-2-21(19,20)6-7/h7-8H,1-6H2,(H,12,15)(H,13,18)(H,16,17). The molecule has 0 spiro atoms. The summed E-state index contributed by atoms with van der Waals surface area (Å²) in [6.45, 7) is -0.312. The van der Waals surface area contributed by atoms with Crippen LogP contribution in [0.15, 0.2) is 0 Å². The molecule has 2 aliphatic heterocycles. The van der Waals surface area contributed by atoms with E-state index < -0.39 is 33.8 Å². The first-order valence-electron chi connectivity index (χ1n) is 6.53. The van der Waals surface area contributed by atoms with E-state index in [1.54, 1.807) is 0 Å². The fraction of sp³-hybridized carbons (Fsp3) is 0.727. The summed E-state index contributed by atoms with van der Waals surface area (Å²) in [5.41, 5.74) is 0. The molecule has 2 heterocycles. The third-order valence-corrected chi connectivity index (χ3v) is 5.43. The lowest BCUT2D eigenvalue weighted by Crippen LogP contribution is -2.61. The van der Waals surface area contributed by atoms with Gasteiger partial charge < -0.3 is 15.7 Å². The van der Waals surface area contributed by atoms with Gasteiger partial charge in [-0.2, -0.15) is 0 Å². The quantitative estimate of drug-likeness (QED) is 0.552. The van der Waals surface area contributed by atoms with Gasteiger partial charge in [0.25, 0.3) is 0 Å². The van der Waals surface area contributed by atoms with E-state index in [0.717, 1.165) is 4.90 Å². The van der Waals surface area contributed by atoms with Crippen LogP contribution in [0.1, 0.15) is 6.42 Å². The fourth-order valence-electron chi connectivity index (χ4n) is 2.44. The number of amides is 3. The molecule has 2 fully saturated rings. The highest BCUT2D eigenvalue weighted by Crippen LogP contribution is 2.17. The molecular weight excluding hydrogens is 302 g/mol. The van der Waals surface area contributed by atoms with Gasteiger partial charge in [-0.15, -0.1) is 0 Å². The van der Waals surface area contributed by atoms with Crippen LogP contribution in [0.2, 0.25) is 0 Å². The number of carbonyl (C=O) groups excluding carboxylic acids is 2. The van der Waals surface area contributed by atoms with Crippen LogP contribution in [0.4, 0.5) is 4.79 Å². The monoisotopic (exact) mass is 319 g/mol. The van der Waals surface area contributed by atoms with Crippen molar-refractivity contribution in [3.8, 4) is 0 Å². The highest BCUT2D eigenvalue weighted by Gasteiger charge is 2.36. The summed E-state index contributed by atoms with van der Waals surface area (Å²) in [5.74, 6) is -1.66.